The Morgan fingerprint density at radius 3 is 2.33 bits per heavy atom. The van der Waals surface area contributed by atoms with Crippen molar-refractivity contribution in [1.82, 2.24) is 0 Å². The lowest BCUT2D eigenvalue weighted by Crippen LogP contribution is -2.18. The lowest BCUT2D eigenvalue weighted by atomic mass is 9.86. The van der Waals surface area contributed by atoms with E-state index in [0.29, 0.717) is 0 Å². The van der Waals surface area contributed by atoms with Crippen molar-refractivity contribution in [3.8, 4) is 0 Å². The normalized spacial score (nSPS) is 17.2. The van der Waals surface area contributed by atoms with Crippen LogP contribution in [0.4, 0.5) is 0 Å². The van der Waals surface area contributed by atoms with E-state index in [1.807, 2.05) is 20.8 Å². The fourth-order valence-corrected chi connectivity index (χ4v) is 1.44. The third kappa shape index (κ3) is 6.51. The molecule has 0 spiro atoms. The zero-order valence-corrected chi connectivity index (χ0v) is 10.8. The van der Waals surface area contributed by atoms with E-state index < -0.39 is 0 Å². The minimum absolute atomic E-state index is 0.775. The lowest BCUT2D eigenvalue weighted by Gasteiger charge is -2.24. The van der Waals surface area contributed by atoms with Gasteiger partial charge in [-0.25, -0.2) is 0 Å². The van der Waals surface area contributed by atoms with Gasteiger partial charge in [0.25, 0.3) is 0 Å². The quantitative estimate of drug-likeness (QED) is 0.613. The van der Waals surface area contributed by atoms with Crippen molar-refractivity contribution in [1.29, 1.82) is 0 Å². The van der Waals surface area contributed by atoms with Gasteiger partial charge in [-0.2, -0.15) is 0 Å². The van der Waals surface area contributed by atoms with Gasteiger partial charge in [0.2, 0.25) is 0 Å². The Balaban J connectivity index is 0.000000921. The average Bonchev–Trinajstić information content (AvgIpc) is 2.23. The molecule has 0 aromatic carbocycles. The first-order valence-corrected chi connectivity index (χ1v) is 6.22. The van der Waals surface area contributed by atoms with E-state index >= 15 is 0 Å². The minimum atomic E-state index is 0.775. The lowest BCUT2D eigenvalue weighted by molar-refractivity contribution is 0.0857. The Bertz CT molecular complexity index is 188. The Morgan fingerprint density at radius 2 is 1.93 bits per heavy atom. The second kappa shape index (κ2) is 9.97. The summed E-state index contributed by atoms with van der Waals surface area (Å²) >= 11 is 0. The second-order valence-electron chi connectivity index (χ2n) is 3.68. The van der Waals surface area contributed by atoms with E-state index in [1.165, 1.54) is 24.8 Å². The summed E-state index contributed by atoms with van der Waals surface area (Å²) < 4.78 is 5.62. The molecule has 1 aliphatic carbocycles. The molecule has 0 saturated heterocycles. The summed E-state index contributed by atoms with van der Waals surface area (Å²) in [6.07, 6.45) is 10.4. The van der Waals surface area contributed by atoms with Crippen LogP contribution in [0, 0.1) is 5.92 Å². The molecule has 0 radical (unpaired) electrons. The van der Waals surface area contributed by atoms with Gasteiger partial charge in [0.05, 0.1) is 6.61 Å². The number of hydrogen-bond donors (Lipinski definition) is 0. The molecule has 1 rings (SSSR count). The smallest absolute Gasteiger partial charge is 0.0713 e. The second-order valence-corrected chi connectivity index (χ2v) is 3.68. The van der Waals surface area contributed by atoms with E-state index in [0.717, 1.165) is 19.1 Å². The van der Waals surface area contributed by atoms with E-state index in [1.54, 1.807) is 0 Å². The first kappa shape index (κ1) is 14.4. The maximum Gasteiger partial charge on any atom is 0.0713 e. The highest BCUT2D eigenvalue weighted by atomic mass is 16.5. The van der Waals surface area contributed by atoms with Gasteiger partial charge in [0.15, 0.2) is 0 Å². The molecule has 0 aromatic rings. The summed E-state index contributed by atoms with van der Waals surface area (Å²) in [6, 6.07) is 0. The van der Waals surface area contributed by atoms with Gasteiger partial charge in [-0.3, -0.25) is 0 Å². The molecule has 0 N–H and O–H groups in total. The monoisotopic (exact) mass is 210 g/mol. The molecule has 0 atom stereocenters. The van der Waals surface area contributed by atoms with Crippen LogP contribution in [0.15, 0.2) is 23.8 Å². The molecule has 0 heterocycles. The van der Waals surface area contributed by atoms with E-state index in [2.05, 4.69) is 25.2 Å². The molecule has 0 aromatic heterocycles. The summed E-state index contributed by atoms with van der Waals surface area (Å²) in [5, 5.41) is 0. The highest BCUT2D eigenvalue weighted by Gasteiger charge is 2.16. The van der Waals surface area contributed by atoms with Crippen LogP contribution in [-0.2, 0) is 4.74 Å². The van der Waals surface area contributed by atoms with Crippen LogP contribution in [0.3, 0.4) is 0 Å². The summed E-state index contributed by atoms with van der Waals surface area (Å²) in [5.74, 6) is 0.851. The maximum atomic E-state index is 5.62. The van der Waals surface area contributed by atoms with Crippen LogP contribution in [-0.4, -0.2) is 13.2 Å². The highest BCUT2D eigenvalue weighted by molar-refractivity contribution is 5.17. The van der Waals surface area contributed by atoms with Crippen LogP contribution in [0.5, 0.6) is 0 Å². The largest absolute Gasteiger partial charge is 0.376 e. The Morgan fingerprint density at radius 1 is 1.27 bits per heavy atom. The SMILES string of the molecule is C/C=C\C(=C/C)COCC1CCC1.CC. The zero-order valence-electron chi connectivity index (χ0n) is 10.8. The minimum Gasteiger partial charge on any atom is -0.376 e. The fraction of sp³-hybridized carbons (Fsp3) is 0.714. The Kier molecular flexibility index (Phi) is 9.60. The van der Waals surface area contributed by atoms with Crippen LogP contribution >= 0.6 is 0 Å². The van der Waals surface area contributed by atoms with Crippen molar-refractivity contribution < 1.29 is 4.74 Å². The molecular weight excluding hydrogens is 184 g/mol. The third-order valence-corrected chi connectivity index (χ3v) is 2.60. The van der Waals surface area contributed by atoms with Crippen molar-refractivity contribution in [2.75, 3.05) is 13.2 Å². The van der Waals surface area contributed by atoms with Crippen LogP contribution in [0.1, 0.15) is 47.0 Å². The van der Waals surface area contributed by atoms with E-state index in [4.69, 9.17) is 4.74 Å². The molecule has 0 amide bonds. The third-order valence-electron chi connectivity index (χ3n) is 2.60. The summed E-state index contributed by atoms with van der Waals surface area (Å²) in [7, 11) is 0. The van der Waals surface area contributed by atoms with Gasteiger partial charge >= 0.3 is 0 Å². The van der Waals surface area contributed by atoms with E-state index in [9.17, 15) is 0 Å². The predicted molar refractivity (Wildman–Crippen MR) is 68.1 cm³/mol. The van der Waals surface area contributed by atoms with Crippen molar-refractivity contribution in [3.63, 3.8) is 0 Å². The van der Waals surface area contributed by atoms with Crippen molar-refractivity contribution in [2.24, 2.45) is 5.92 Å². The number of hydrogen-bond acceptors (Lipinski definition) is 1. The van der Waals surface area contributed by atoms with Gasteiger partial charge in [-0.05, 0) is 38.2 Å². The molecule has 15 heavy (non-hydrogen) atoms. The molecule has 0 bridgehead atoms. The van der Waals surface area contributed by atoms with E-state index in [-0.39, 0.29) is 0 Å². The van der Waals surface area contributed by atoms with Gasteiger partial charge < -0.3 is 4.74 Å². The van der Waals surface area contributed by atoms with Crippen molar-refractivity contribution in [3.05, 3.63) is 23.8 Å². The molecule has 1 fully saturated rings. The standard InChI is InChI=1S/C12H20O.C2H6/c1-3-6-11(4-2)9-13-10-12-7-5-8-12;1-2/h3-4,6,12H,5,7-10H2,1-2H3;1-2H3/b6-3-,11-4+;. The molecule has 0 unspecified atom stereocenters. The molecular formula is C14H26O. The van der Waals surface area contributed by atoms with Gasteiger partial charge in [0, 0.05) is 6.61 Å². The van der Waals surface area contributed by atoms with Crippen LogP contribution < -0.4 is 0 Å². The Labute approximate surface area is 95.2 Å². The maximum absolute atomic E-state index is 5.62. The summed E-state index contributed by atoms with van der Waals surface area (Å²) in [5.41, 5.74) is 1.28. The molecule has 1 aliphatic rings. The first-order valence-electron chi connectivity index (χ1n) is 6.22. The van der Waals surface area contributed by atoms with Gasteiger partial charge in [0.1, 0.15) is 0 Å². The fourth-order valence-electron chi connectivity index (χ4n) is 1.44. The van der Waals surface area contributed by atoms with Crippen molar-refractivity contribution in [2.45, 2.75) is 47.0 Å². The van der Waals surface area contributed by atoms with Crippen LogP contribution in [0.25, 0.3) is 0 Å². The Hall–Kier alpha value is -0.560. The topological polar surface area (TPSA) is 9.23 Å². The molecule has 1 nitrogen and oxygen atoms in total. The predicted octanol–water partition coefficient (Wildman–Crippen LogP) is 4.35. The molecule has 1 saturated carbocycles. The van der Waals surface area contributed by atoms with Crippen LogP contribution in [0.2, 0.25) is 0 Å². The zero-order chi connectivity index (χ0) is 11.5. The van der Waals surface area contributed by atoms with Gasteiger partial charge in [-0.1, -0.05) is 38.5 Å². The summed E-state index contributed by atoms with van der Waals surface area (Å²) in [4.78, 5) is 0. The number of rotatable bonds is 5. The summed E-state index contributed by atoms with van der Waals surface area (Å²) in [6.45, 7) is 9.82. The highest BCUT2D eigenvalue weighted by Crippen LogP contribution is 2.26. The average molecular weight is 210 g/mol. The first-order chi connectivity index (χ1) is 7.36. The number of ether oxygens (including phenoxy) is 1. The van der Waals surface area contributed by atoms with Gasteiger partial charge in [-0.15, -0.1) is 0 Å². The number of allylic oxidation sites excluding steroid dienone is 2. The molecule has 88 valence electrons. The molecule has 1 heteroatoms. The van der Waals surface area contributed by atoms with Crippen molar-refractivity contribution >= 4 is 0 Å². The molecule has 0 aliphatic heterocycles.